The Morgan fingerprint density at radius 2 is 2.29 bits per heavy atom. The first kappa shape index (κ1) is 12.6. The number of benzene rings is 1. The van der Waals surface area contributed by atoms with E-state index < -0.39 is 0 Å². The number of nitrogens with zero attached hydrogens (tertiary/aromatic N) is 1. The molecule has 17 heavy (non-hydrogen) atoms. The molecule has 0 spiro atoms. The summed E-state index contributed by atoms with van der Waals surface area (Å²) in [5, 5.41) is 4.14. The summed E-state index contributed by atoms with van der Waals surface area (Å²) in [6, 6.07) is 6.44. The highest BCUT2D eigenvalue weighted by atomic mass is 35.5. The van der Waals surface area contributed by atoms with Gasteiger partial charge < -0.3 is 5.32 Å². The van der Waals surface area contributed by atoms with Crippen LogP contribution in [0.25, 0.3) is 0 Å². The van der Waals surface area contributed by atoms with Crippen molar-refractivity contribution in [3.05, 3.63) is 50.9 Å². The van der Waals surface area contributed by atoms with Crippen molar-refractivity contribution in [1.82, 2.24) is 10.3 Å². The number of likely N-dealkylation sites (N-methyl/N-ethyl adjacent to an activating group) is 1. The zero-order chi connectivity index (χ0) is 12.3. The number of aryl methyl sites for hydroxylation is 1. The Bertz CT molecular complexity index is 482. The van der Waals surface area contributed by atoms with Gasteiger partial charge in [-0.3, -0.25) is 4.98 Å². The molecule has 2 nitrogen and oxygen atoms in total. The van der Waals surface area contributed by atoms with E-state index in [-0.39, 0.29) is 6.04 Å². The molecule has 0 aliphatic carbocycles. The van der Waals surface area contributed by atoms with Gasteiger partial charge in [0.2, 0.25) is 0 Å². The number of halogens is 1. The Balaban J connectivity index is 2.23. The summed E-state index contributed by atoms with van der Waals surface area (Å²) in [6.45, 7) is 2.05. The van der Waals surface area contributed by atoms with E-state index in [2.05, 4.69) is 22.4 Å². The average Bonchev–Trinajstić information content (AvgIpc) is 2.79. The fourth-order valence-electron chi connectivity index (χ4n) is 1.83. The molecule has 0 saturated carbocycles. The molecule has 1 aromatic heterocycles. The Kier molecular flexibility index (Phi) is 4.15. The predicted octanol–water partition coefficient (Wildman–Crippen LogP) is 3.61. The van der Waals surface area contributed by atoms with Crippen molar-refractivity contribution in [3.8, 4) is 0 Å². The summed E-state index contributed by atoms with van der Waals surface area (Å²) in [5.74, 6) is 0. The molecule has 4 heteroatoms. The van der Waals surface area contributed by atoms with Crippen molar-refractivity contribution >= 4 is 22.9 Å². The Labute approximate surface area is 111 Å². The molecular formula is C13H15ClN2S. The van der Waals surface area contributed by atoms with E-state index in [1.165, 1.54) is 10.4 Å². The molecule has 0 bridgehead atoms. The van der Waals surface area contributed by atoms with Crippen LogP contribution in [0.5, 0.6) is 0 Å². The standard InChI is InChI=1S/C13H15ClN2S/c1-9-3-4-11(12(14)5-9)13(15-2)6-10-7-16-8-17-10/h3-5,7-8,13,15H,6H2,1-2H3. The van der Waals surface area contributed by atoms with Gasteiger partial charge in [0.15, 0.2) is 0 Å². The fraction of sp³-hybridized carbons (Fsp3) is 0.308. The van der Waals surface area contributed by atoms with E-state index in [0.29, 0.717) is 0 Å². The molecule has 2 rings (SSSR count). The lowest BCUT2D eigenvalue weighted by atomic mass is 10.0. The fourth-order valence-corrected chi connectivity index (χ4v) is 2.83. The highest BCUT2D eigenvalue weighted by Gasteiger charge is 2.14. The summed E-state index contributed by atoms with van der Waals surface area (Å²) in [4.78, 5) is 5.36. The van der Waals surface area contributed by atoms with Crippen LogP contribution >= 0.6 is 22.9 Å². The lowest BCUT2D eigenvalue weighted by Crippen LogP contribution is -2.18. The van der Waals surface area contributed by atoms with E-state index in [4.69, 9.17) is 11.6 Å². The minimum Gasteiger partial charge on any atom is -0.313 e. The Morgan fingerprint density at radius 1 is 1.47 bits per heavy atom. The van der Waals surface area contributed by atoms with Crippen molar-refractivity contribution in [3.63, 3.8) is 0 Å². The van der Waals surface area contributed by atoms with E-state index in [1.807, 2.05) is 31.7 Å². The lowest BCUT2D eigenvalue weighted by Gasteiger charge is -2.17. The van der Waals surface area contributed by atoms with Crippen LogP contribution in [-0.4, -0.2) is 12.0 Å². The molecule has 0 radical (unpaired) electrons. The van der Waals surface area contributed by atoms with E-state index in [0.717, 1.165) is 17.0 Å². The molecule has 0 saturated heterocycles. The van der Waals surface area contributed by atoms with Crippen LogP contribution in [0.4, 0.5) is 0 Å². The van der Waals surface area contributed by atoms with Crippen LogP contribution in [0.15, 0.2) is 29.9 Å². The summed E-state index contributed by atoms with van der Waals surface area (Å²) in [6.07, 6.45) is 2.83. The highest BCUT2D eigenvalue weighted by molar-refractivity contribution is 7.09. The number of nitrogens with one attached hydrogen (secondary N) is 1. The van der Waals surface area contributed by atoms with Gasteiger partial charge in [0.05, 0.1) is 5.51 Å². The summed E-state index contributed by atoms with van der Waals surface area (Å²) >= 11 is 7.97. The molecule has 1 atom stereocenters. The van der Waals surface area contributed by atoms with Crippen LogP contribution < -0.4 is 5.32 Å². The summed E-state index contributed by atoms with van der Waals surface area (Å²) in [5.41, 5.74) is 4.19. The molecular weight excluding hydrogens is 252 g/mol. The monoisotopic (exact) mass is 266 g/mol. The first-order valence-corrected chi connectivity index (χ1v) is 6.77. The Morgan fingerprint density at radius 3 is 2.88 bits per heavy atom. The molecule has 0 aliphatic rings. The first-order valence-electron chi connectivity index (χ1n) is 5.51. The van der Waals surface area contributed by atoms with Crippen molar-refractivity contribution in [2.45, 2.75) is 19.4 Å². The lowest BCUT2D eigenvalue weighted by molar-refractivity contribution is 0.596. The maximum atomic E-state index is 6.29. The third-order valence-corrected chi connectivity index (χ3v) is 3.90. The number of hydrogen-bond acceptors (Lipinski definition) is 3. The molecule has 0 aliphatic heterocycles. The second-order valence-corrected chi connectivity index (χ2v) is 5.42. The van der Waals surface area contributed by atoms with E-state index in [1.54, 1.807) is 11.3 Å². The third-order valence-electron chi connectivity index (χ3n) is 2.77. The van der Waals surface area contributed by atoms with Crippen LogP contribution in [0.3, 0.4) is 0 Å². The van der Waals surface area contributed by atoms with Crippen molar-refractivity contribution < 1.29 is 0 Å². The van der Waals surface area contributed by atoms with Gasteiger partial charge >= 0.3 is 0 Å². The molecule has 90 valence electrons. The zero-order valence-corrected chi connectivity index (χ0v) is 11.5. The molecule has 1 unspecified atom stereocenters. The molecule has 1 heterocycles. The second kappa shape index (κ2) is 5.63. The molecule has 1 N–H and O–H groups in total. The number of aromatic nitrogens is 1. The number of hydrogen-bond donors (Lipinski definition) is 1. The SMILES string of the molecule is CNC(Cc1cncs1)c1ccc(C)cc1Cl. The van der Waals surface area contributed by atoms with Crippen molar-refractivity contribution in [1.29, 1.82) is 0 Å². The smallest absolute Gasteiger partial charge is 0.0794 e. The van der Waals surface area contributed by atoms with Crippen LogP contribution in [-0.2, 0) is 6.42 Å². The maximum absolute atomic E-state index is 6.29. The minimum absolute atomic E-state index is 0.239. The van der Waals surface area contributed by atoms with Gasteiger partial charge in [-0.25, -0.2) is 0 Å². The molecule has 1 aromatic carbocycles. The summed E-state index contributed by atoms with van der Waals surface area (Å²) < 4.78 is 0. The van der Waals surface area contributed by atoms with Gasteiger partial charge in [-0.15, -0.1) is 11.3 Å². The van der Waals surface area contributed by atoms with Crippen LogP contribution in [0.2, 0.25) is 5.02 Å². The van der Waals surface area contributed by atoms with Crippen LogP contribution in [0, 0.1) is 6.92 Å². The van der Waals surface area contributed by atoms with Gasteiger partial charge in [0.1, 0.15) is 0 Å². The highest BCUT2D eigenvalue weighted by Crippen LogP contribution is 2.27. The summed E-state index contributed by atoms with van der Waals surface area (Å²) in [7, 11) is 1.96. The van der Waals surface area contributed by atoms with Gasteiger partial charge in [0.25, 0.3) is 0 Å². The van der Waals surface area contributed by atoms with Gasteiger partial charge in [-0.1, -0.05) is 23.7 Å². The van der Waals surface area contributed by atoms with Gasteiger partial charge in [-0.05, 0) is 31.2 Å². The van der Waals surface area contributed by atoms with Crippen molar-refractivity contribution in [2.24, 2.45) is 0 Å². The van der Waals surface area contributed by atoms with E-state index >= 15 is 0 Å². The normalized spacial score (nSPS) is 12.6. The zero-order valence-electron chi connectivity index (χ0n) is 9.90. The molecule has 0 fully saturated rings. The van der Waals surface area contributed by atoms with E-state index in [9.17, 15) is 0 Å². The van der Waals surface area contributed by atoms with Gasteiger partial charge in [-0.2, -0.15) is 0 Å². The molecule has 0 amide bonds. The molecule has 2 aromatic rings. The number of thiazole rings is 1. The van der Waals surface area contributed by atoms with Crippen molar-refractivity contribution in [2.75, 3.05) is 7.05 Å². The maximum Gasteiger partial charge on any atom is 0.0794 e. The minimum atomic E-state index is 0.239. The quantitative estimate of drug-likeness (QED) is 0.915. The predicted molar refractivity (Wildman–Crippen MR) is 73.8 cm³/mol. The largest absolute Gasteiger partial charge is 0.313 e. The second-order valence-electron chi connectivity index (χ2n) is 4.04. The topological polar surface area (TPSA) is 24.9 Å². The van der Waals surface area contributed by atoms with Crippen LogP contribution in [0.1, 0.15) is 22.0 Å². The Hall–Kier alpha value is -0.900. The average molecular weight is 267 g/mol. The number of rotatable bonds is 4. The third kappa shape index (κ3) is 3.06. The van der Waals surface area contributed by atoms with Gasteiger partial charge in [0, 0.05) is 28.6 Å². The first-order chi connectivity index (χ1) is 8.20.